The Labute approximate surface area is 103 Å². The molecule has 4 heteroatoms. The van der Waals surface area contributed by atoms with E-state index >= 15 is 0 Å². The van der Waals surface area contributed by atoms with Crippen molar-refractivity contribution in [3.05, 3.63) is 34.3 Å². The van der Waals surface area contributed by atoms with Crippen molar-refractivity contribution in [2.24, 2.45) is 5.73 Å². The van der Waals surface area contributed by atoms with Gasteiger partial charge < -0.3 is 10.8 Å². The predicted molar refractivity (Wildman–Crippen MR) is 65.3 cm³/mol. The Kier molecular flexibility index (Phi) is 3.04. The summed E-state index contributed by atoms with van der Waals surface area (Å²) < 4.78 is 1.02. The molecule has 0 radical (unpaired) electrons. The van der Waals surface area contributed by atoms with E-state index in [9.17, 15) is 4.79 Å². The van der Waals surface area contributed by atoms with Crippen molar-refractivity contribution >= 4 is 21.9 Å². The molecular formula is C12H14BrNO2. The van der Waals surface area contributed by atoms with E-state index in [4.69, 9.17) is 10.8 Å². The van der Waals surface area contributed by atoms with Crippen molar-refractivity contribution in [3.63, 3.8) is 0 Å². The van der Waals surface area contributed by atoms with Crippen molar-refractivity contribution in [1.29, 1.82) is 0 Å². The van der Waals surface area contributed by atoms with Crippen LogP contribution in [0, 0.1) is 0 Å². The third-order valence-corrected chi connectivity index (χ3v) is 3.79. The fourth-order valence-electron chi connectivity index (χ4n) is 2.31. The van der Waals surface area contributed by atoms with Gasteiger partial charge in [-0.3, -0.25) is 4.79 Å². The van der Waals surface area contributed by atoms with Gasteiger partial charge in [0.1, 0.15) is 5.54 Å². The van der Waals surface area contributed by atoms with E-state index in [-0.39, 0.29) is 5.92 Å². The lowest BCUT2D eigenvalue weighted by molar-refractivity contribution is -0.143. The first-order chi connectivity index (χ1) is 7.51. The zero-order chi connectivity index (χ0) is 11.8. The average molecular weight is 284 g/mol. The number of nitrogens with two attached hydrogens (primary N) is 1. The fraction of sp³-hybridized carbons (Fsp3) is 0.417. The molecule has 86 valence electrons. The van der Waals surface area contributed by atoms with Crippen LogP contribution in [0.2, 0.25) is 0 Å². The molecule has 0 unspecified atom stereocenters. The number of carboxylic acids is 1. The third kappa shape index (κ3) is 2.13. The Hall–Kier alpha value is -0.870. The summed E-state index contributed by atoms with van der Waals surface area (Å²) >= 11 is 3.42. The van der Waals surface area contributed by atoms with E-state index < -0.39 is 11.5 Å². The summed E-state index contributed by atoms with van der Waals surface area (Å²) in [6.45, 7) is 0. The standard InChI is InChI=1S/C12H14BrNO2/c13-10-3-1-2-8(6-10)9-4-5-12(14,7-9)11(15)16/h1-3,6,9H,4-5,7,14H2,(H,15,16)/t9-,12-/m0/s1. The molecule has 0 spiro atoms. The molecule has 0 bridgehead atoms. The first-order valence-electron chi connectivity index (χ1n) is 5.29. The summed E-state index contributed by atoms with van der Waals surface area (Å²) in [4.78, 5) is 11.0. The monoisotopic (exact) mass is 283 g/mol. The van der Waals surface area contributed by atoms with Gasteiger partial charge in [-0.15, -0.1) is 0 Å². The summed E-state index contributed by atoms with van der Waals surface area (Å²) in [5.74, 6) is -0.622. The highest BCUT2D eigenvalue weighted by Crippen LogP contribution is 2.40. The van der Waals surface area contributed by atoms with E-state index in [1.54, 1.807) is 0 Å². The molecule has 1 aromatic rings. The van der Waals surface area contributed by atoms with Crippen molar-refractivity contribution in [2.75, 3.05) is 0 Å². The molecule has 0 aliphatic heterocycles. The van der Waals surface area contributed by atoms with Crippen LogP contribution >= 0.6 is 15.9 Å². The van der Waals surface area contributed by atoms with Gasteiger partial charge in [-0.2, -0.15) is 0 Å². The predicted octanol–water partition coefficient (Wildman–Crippen LogP) is 2.50. The zero-order valence-electron chi connectivity index (χ0n) is 8.82. The van der Waals surface area contributed by atoms with Gasteiger partial charge in [-0.1, -0.05) is 28.1 Å². The van der Waals surface area contributed by atoms with E-state index in [2.05, 4.69) is 15.9 Å². The molecule has 1 fully saturated rings. The van der Waals surface area contributed by atoms with E-state index in [0.717, 1.165) is 10.9 Å². The van der Waals surface area contributed by atoms with Gasteiger partial charge in [-0.05, 0) is 42.9 Å². The molecule has 2 atom stereocenters. The quantitative estimate of drug-likeness (QED) is 0.877. The molecule has 0 aromatic heterocycles. The maximum Gasteiger partial charge on any atom is 0.323 e. The van der Waals surface area contributed by atoms with Crippen LogP contribution in [0.5, 0.6) is 0 Å². The number of carboxylic acid groups (broad SMARTS) is 1. The van der Waals surface area contributed by atoms with Gasteiger partial charge in [0, 0.05) is 4.47 Å². The van der Waals surface area contributed by atoms with Gasteiger partial charge in [-0.25, -0.2) is 0 Å². The lowest BCUT2D eigenvalue weighted by atomic mass is 9.93. The van der Waals surface area contributed by atoms with Crippen LogP contribution in [0.15, 0.2) is 28.7 Å². The largest absolute Gasteiger partial charge is 0.480 e. The van der Waals surface area contributed by atoms with Crippen molar-refractivity contribution in [1.82, 2.24) is 0 Å². The van der Waals surface area contributed by atoms with Crippen LogP contribution in [-0.2, 0) is 4.79 Å². The minimum Gasteiger partial charge on any atom is -0.480 e. The summed E-state index contributed by atoms with van der Waals surface area (Å²) in [5, 5.41) is 9.06. The zero-order valence-corrected chi connectivity index (χ0v) is 10.4. The van der Waals surface area contributed by atoms with E-state index in [1.165, 1.54) is 5.56 Å². The topological polar surface area (TPSA) is 63.3 Å². The summed E-state index contributed by atoms with van der Waals surface area (Å²) in [6.07, 6.45) is 1.93. The van der Waals surface area contributed by atoms with Crippen LogP contribution in [0.1, 0.15) is 30.7 Å². The number of halogens is 1. The number of hydrogen-bond acceptors (Lipinski definition) is 2. The number of aliphatic carboxylic acids is 1. The molecule has 1 aliphatic rings. The molecular weight excluding hydrogens is 270 g/mol. The highest BCUT2D eigenvalue weighted by molar-refractivity contribution is 9.10. The number of benzene rings is 1. The van der Waals surface area contributed by atoms with Gasteiger partial charge in [0.05, 0.1) is 0 Å². The molecule has 3 nitrogen and oxygen atoms in total. The van der Waals surface area contributed by atoms with Gasteiger partial charge in [0.2, 0.25) is 0 Å². The van der Waals surface area contributed by atoms with Crippen molar-refractivity contribution < 1.29 is 9.90 Å². The van der Waals surface area contributed by atoms with Gasteiger partial charge >= 0.3 is 5.97 Å². The Bertz CT molecular complexity index is 421. The van der Waals surface area contributed by atoms with Gasteiger partial charge in [0.15, 0.2) is 0 Å². The molecule has 1 aliphatic carbocycles. The second kappa shape index (κ2) is 4.18. The summed E-state index contributed by atoms with van der Waals surface area (Å²) in [6, 6.07) is 8.00. The maximum absolute atomic E-state index is 11.0. The van der Waals surface area contributed by atoms with E-state index in [1.807, 2.05) is 24.3 Å². The highest BCUT2D eigenvalue weighted by Gasteiger charge is 2.42. The Morgan fingerprint density at radius 3 is 2.88 bits per heavy atom. The molecule has 2 rings (SSSR count). The van der Waals surface area contributed by atoms with Gasteiger partial charge in [0.25, 0.3) is 0 Å². The molecule has 0 amide bonds. The molecule has 0 saturated heterocycles. The maximum atomic E-state index is 11.0. The first kappa shape index (κ1) is 11.6. The highest BCUT2D eigenvalue weighted by atomic mass is 79.9. The number of hydrogen-bond donors (Lipinski definition) is 2. The van der Waals surface area contributed by atoms with Crippen LogP contribution in [0.25, 0.3) is 0 Å². The molecule has 1 saturated carbocycles. The minimum atomic E-state index is -1.03. The molecule has 3 N–H and O–H groups in total. The fourth-order valence-corrected chi connectivity index (χ4v) is 2.73. The lowest BCUT2D eigenvalue weighted by Crippen LogP contribution is -2.45. The Morgan fingerprint density at radius 1 is 1.56 bits per heavy atom. The van der Waals surface area contributed by atoms with E-state index in [0.29, 0.717) is 12.8 Å². The van der Waals surface area contributed by atoms with Crippen LogP contribution in [0.3, 0.4) is 0 Å². The first-order valence-corrected chi connectivity index (χ1v) is 6.08. The molecule has 1 aromatic carbocycles. The van der Waals surface area contributed by atoms with Crippen molar-refractivity contribution in [2.45, 2.75) is 30.7 Å². The normalized spacial score (nSPS) is 29.2. The average Bonchev–Trinajstić information content (AvgIpc) is 2.62. The third-order valence-electron chi connectivity index (χ3n) is 3.30. The number of carbonyl (C=O) groups is 1. The SMILES string of the molecule is N[C@@]1(C(=O)O)CC[C@H](c2cccc(Br)c2)C1. The second-order valence-electron chi connectivity index (χ2n) is 4.46. The Morgan fingerprint density at radius 2 is 2.31 bits per heavy atom. The molecule has 0 heterocycles. The van der Waals surface area contributed by atoms with Crippen molar-refractivity contribution in [3.8, 4) is 0 Å². The summed E-state index contributed by atoms with van der Waals surface area (Å²) in [7, 11) is 0. The molecule has 16 heavy (non-hydrogen) atoms. The summed E-state index contributed by atoms with van der Waals surface area (Å²) in [5.41, 5.74) is 5.99. The number of rotatable bonds is 2. The second-order valence-corrected chi connectivity index (χ2v) is 5.37. The van der Waals surface area contributed by atoms with Crippen LogP contribution in [-0.4, -0.2) is 16.6 Å². The smallest absolute Gasteiger partial charge is 0.323 e. The Balaban J connectivity index is 2.18. The van der Waals surface area contributed by atoms with Crippen LogP contribution < -0.4 is 5.73 Å². The lowest BCUT2D eigenvalue weighted by Gasteiger charge is -2.18. The van der Waals surface area contributed by atoms with Crippen LogP contribution in [0.4, 0.5) is 0 Å². The minimum absolute atomic E-state index is 0.263.